The largest absolute Gasteiger partial charge is 0.410 e. The van der Waals surface area contributed by atoms with E-state index in [0.717, 1.165) is 98.6 Å². The van der Waals surface area contributed by atoms with Gasteiger partial charge < -0.3 is 22.7 Å². The average Bonchev–Trinajstić information content (AvgIpc) is 4.21. The maximum Gasteiger partial charge on any atom is 0.293 e. The van der Waals surface area contributed by atoms with Crippen molar-refractivity contribution in [2.45, 2.75) is 0 Å². The first-order valence-electron chi connectivity index (χ1n) is 22.1. The molecule has 0 N–H and O–H groups in total. The molecule has 0 fully saturated rings. The summed E-state index contributed by atoms with van der Waals surface area (Å²) in [7, 11) is 0. The molecule has 0 spiro atoms. The van der Waals surface area contributed by atoms with Gasteiger partial charge in [0.15, 0.2) is 0 Å². The van der Waals surface area contributed by atoms with E-state index in [1.54, 1.807) is 0 Å². The molecule has 0 bridgehead atoms. The van der Waals surface area contributed by atoms with Crippen molar-refractivity contribution in [1.82, 2.24) is 28.5 Å². The molecule has 8 heteroatoms. The Morgan fingerprint density at radius 2 is 0.642 bits per heavy atom. The fourth-order valence-corrected chi connectivity index (χ4v) is 10.9. The molecule has 0 unspecified atom stereocenters. The van der Waals surface area contributed by atoms with Crippen LogP contribution in [0.15, 0.2) is 199 Å². The van der Waals surface area contributed by atoms with Crippen LogP contribution >= 0.6 is 0 Å². The number of nitriles is 1. The monoisotopic (exact) mass is 855 g/mol. The molecule has 67 heavy (non-hydrogen) atoms. The minimum absolute atomic E-state index is 0.0275. The lowest BCUT2D eigenvalue weighted by Gasteiger charge is -2.28. The topological polar surface area (TPSA) is 82.4 Å². The van der Waals surface area contributed by atoms with E-state index in [2.05, 4.69) is 217 Å². The Morgan fingerprint density at radius 3 is 0.940 bits per heavy atom. The molecule has 14 aromatic rings. The third kappa shape index (κ3) is 4.96. The number of hydrogen-bond acceptors (Lipinski definition) is 4. The molecule has 9 aromatic carbocycles. The Labute approximate surface area is 382 Å². The molecule has 0 amide bonds. The predicted octanol–water partition coefficient (Wildman–Crippen LogP) is 14.0. The molecule has 0 aliphatic rings. The van der Waals surface area contributed by atoms with Crippen molar-refractivity contribution in [1.29, 1.82) is 5.26 Å². The molecule has 0 saturated heterocycles. The van der Waals surface area contributed by atoms with Gasteiger partial charge in [-0.3, -0.25) is 0 Å². The van der Waals surface area contributed by atoms with Crippen molar-refractivity contribution in [3.05, 3.63) is 206 Å². The van der Waals surface area contributed by atoms with Gasteiger partial charge in [0, 0.05) is 43.1 Å². The van der Waals surface area contributed by atoms with Gasteiger partial charge in [0.1, 0.15) is 11.6 Å². The fourth-order valence-electron chi connectivity index (χ4n) is 10.9. The third-order valence-corrected chi connectivity index (χ3v) is 13.5. The van der Waals surface area contributed by atoms with Crippen molar-refractivity contribution in [2.24, 2.45) is 0 Å². The first kappa shape index (κ1) is 36.8. The van der Waals surface area contributed by atoms with E-state index in [9.17, 15) is 5.26 Å². The summed E-state index contributed by atoms with van der Waals surface area (Å²) in [6, 6.07) is 70.5. The Balaban J connectivity index is 1.38. The molecule has 5 aromatic heterocycles. The molecule has 5 heterocycles. The molecule has 310 valence electrons. The summed E-state index contributed by atoms with van der Waals surface area (Å²) in [5.41, 5.74) is 11.2. The summed E-state index contributed by atoms with van der Waals surface area (Å²) in [5.74, 6) is 2.81. The van der Waals surface area contributed by atoms with Gasteiger partial charge in [0.2, 0.25) is 0 Å². The van der Waals surface area contributed by atoms with Gasteiger partial charge in [0.25, 0.3) is 11.8 Å². The Morgan fingerprint density at radius 1 is 0.358 bits per heavy atom. The van der Waals surface area contributed by atoms with Crippen LogP contribution < -0.4 is 0 Å². The lowest BCUT2D eigenvalue weighted by Crippen LogP contribution is -2.16. The van der Waals surface area contributed by atoms with E-state index in [1.807, 2.05) is 12.1 Å². The molecule has 0 aliphatic heterocycles. The van der Waals surface area contributed by atoms with Crippen LogP contribution in [0.2, 0.25) is 0 Å². The molecule has 0 radical (unpaired) electrons. The molecular formula is C59H33N7O. The van der Waals surface area contributed by atoms with E-state index in [-0.39, 0.29) is 11.8 Å². The van der Waals surface area contributed by atoms with Crippen LogP contribution in [-0.4, -0.2) is 28.5 Å². The highest BCUT2D eigenvalue weighted by Crippen LogP contribution is 2.51. The van der Waals surface area contributed by atoms with Gasteiger partial charge in [-0.15, -0.1) is 11.5 Å². The van der Waals surface area contributed by atoms with E-state index in [1.165, 1.54) is 0 Å². The minimum Gasteiger partial charge on any atom is -0.410 e. The van der Waals surface area contributed by atoms with Crippen LogP contribution in [0.3, 0.4) is 0 Å². The van der Waals surface area contributed by atoms with Crippen LogP contribution in [-0.2, 0) is 0 Å². The van der Waals surface area contributed by atoms with E-state index in [0.29, 0.717) is 22.5 Å². The first-order chi connectivity index (χ1) is 33.2. The number of nitrogens with zero attached hydrogens (tertiary/aromatic N) is 7. The number of terminal acetylenes is 1. The number of aromatic nitrogens is 6. The highest BCUT2D eigenvalue weighted by molar-refractivity contribution is 6.16. The van der Waals surface area contributed by atoms with Gasteiger partial charge in [-0.1, -0.05) is 151 Å². The second-order valence-electron chi connectivity index (χ2n) is 16.8. The van der Waals surface area contributed by atoms with Gasteiger partial charge >= 0.3 is 0 Å². The minimum atomic E-state index is 0.0275. The van der Waals surface area contributed by atoms with Crippen LogP contribution in [0, 0.1) is 23.7 Å². The Hall–Kier alpha value is -9.63. The summed E-state index contributed by atoms with van der Waals surface area (Å²) in [6.45, 7) is 0. The summed E-state index contributed by atoms with van der Waals surface area (Å²) in [6.07, 6.45) is 6.07. The van der Waals surface area contributed by atoms with Crippen LogP contribution in [0.5, 0.6) is 0 Å². The molecule has 0 aliphatic carbocycles. The summed E-state index contributed by atoms with van der Waals surface area (Å²) < 4.78 is 15.8. The third-order valence-electron chi connectivity index (χ3n) is 13.5. The van der Waals surface area contributed by atoms with Crippen LogP contribution in [0.1, 0.15) is 11.5 Å². The van der Waals surface area contributed by atoms with Crippen molar-refractivity contribution in [2.75, 3.05) is 0 Å². The number of hydrogen-bond donors (Lipinski definition) is 0. The lowest BCUT2D eigenvalue weighted by atomic mass is 9.97. The van der Waals surface area contributed by atoms with Gasteiger partial charge in [-0.25, -0.2) is 0 Å². The number of para-hydroxylation sites is 8. The van der Waals surface area contributed by atoms with Crippen LogP contribution in [0.4, 0.5) is 0 Å². The zero-order valence-electron chi connectivity index (χ0n) is 35.6. The first-order valence-corrected chi connectivity index (χ1v) is 22.1. The second kappa shape index (κ2) is 13.9. The molecule has 0 atom stereocenters. The number of fused-ring (bicyclic) bond motifs is 12. The smallest absolute Gasteiger partial charge is 0.293 e. The van der Waals surface area contributed by atoms with E-state index < -0.39 is 0 Å². The molecular weight excluding hydrogens is 823 g/mol. The maximum atomic E-state index is 12.4. The van der Waals surface area contributed by atoms with Crippen LogP contribution in [0.25, 0.3) is 121 Å². The number of rotatable bonds is 5. The summed E-state index contributed by atoms with van der Waals surface area (Å²) in [5, 5.41) is 30.1. The van der Waals surface area contributed by atoms with Gasteiger partial charge in [-0.2, -0.15) is 5.26 Å². The van der Waals surface area contributed by atoms with Gasteiger partial charge in [0.05, 0.1) is 72.4 Å². The second-order valence-corrected chi connectivity index (χ2v) is 16.8. The Bertz CT molecular complexity index is 4290. The van der Waals surface area contributed by atoms with Crippen molar-refractivity contribution < 1.29 is 4.42 Å². The van der Waals surface area contributed by atoms with Crippen molar-refractivity contribution >= 4 is 87.2 Å². The fraction of sp³-hybridized carbons (Fsp3) is 0. The molecule has 8 nitrogen and oxygen atoms in total. The number of benzene rings is 9. The zero-order valence-corrected chi connectivity index (χ0v) is 35.6. The standard InChI is InChI=1S/C59H33N7O/c1-2-53-61-62-59(67-53)54-55(63-45-27-11-3-19-36(45)37-20-4-12-28-46(37)63)44(35-60)56(64-47-29-13-5-21-38(47)39-22-6-14-30-48(39)64)58(66-51-33-17-9-25-42(51)43-26-10-18-34-52(43)66)57(54)65-49-31-15-7-23-40(49)41-24-8-16-32-50(41)65/h1,3-34H. The lowest BCUT2D eigenvalue weighted by molar-refractivity contribution is 0.554. The Kier molecular flexibility index (Phi) is 7.66. The SMILES string of the molecule is C#Cc1nnc(-c2c(-n3c4ccccc4c4ccccc43)c(C#N)c(-n3c4ccccc4c4ccccc43)c(-n3c4ccccc4c4ccccc43)c2-n2c3ccccc3c3ccccc32)o1. The molecule has 0 saturated carbocycles. The summed E-state index contributed by atoms with van der Waals surface area (Å²) >= 11 is 0. The highest BCUT2D eigenvalue weighted by atomic mass is 16.4. The van der Waals surface area contributed by atoms with Crippen molar-refractivity contribution in [3.8, 4) is 52.6 Å². The van der Waals surface area contributed by atoms with E-state index >= 15 is 0 Å². The van der Waals surface area contributed by atoms with Crippen molar-refractivity contribution in [3.63, 3.8) is 0 Å². The normalized spacial score (nSPS) is 11.9. The van der Waals surface area contributed by atoms with E-state index in [4.69, 9.17) is 15.9 Å². The summed E-state index contributed by atoms with van der Waals surface area (Å²) in [4.78, 5) is 0. The maximum absolute atomic E-state index is 12.4. The average molecular weight is 856 g/mol. The molecule has 14 rings (SSSR count). The zero-order chi connectivity index (χ0) is 44.3. The highest BCUT2D eigenvalue weighted by Gasteiger charge is 2.36. The van der Waals surface area contributed by atoms with Gasteiger partial charge in [-0.05, 0) is 54.5 Å². The quantitative estimate of drug-likeness (QED) is 0.161. The predicted molar refractivity (Wildman–Crippen MR) is 270 cm³/mol.